The molecule has 0 spiro atoms. The van der Waals surface area contributed by atoms with Crippen molar-refractivity contribution >= 4 is 21.9 Å². The lowest BCUT2D eigenvalue weighted by atomic mass is 9.79. The van der Waals surface area contributed by atoms with Crippen LogP contribution in [0.25, 0.3) is 0 Å². The normalized spacial score (nSPS) is 18.6. The third-order valence-electron chi connectivity index (χ3n) is 3.37. The number of aliphatic carboxylic acids is 1. The molecule has 0 radical (unpaired) electrons. The first-order valence-corrected chi connectivity index (χ1v) is 6.08. The molecule has 0 heterocycles. The molecule has 2 N–H and O–H groups in total. The van der Waals surface area contributed by atoms with Crippen molar-refractivity contribution < 1.29 is 15.0 Å². The largest absolute Gasteiger partial charge is 0.507 e. The Bertz CT molecular complexity index is 422. The van der Waals surface area contributed by atoms with Crippen LogP contribution in [0.1, 0.15) is 31.2 Å². The summed E-state index contributed by atoms with van der Waals surface area (Å²) in [6.07, 6.45) is 3.26. The van der Waals surface area contributed by atoms with Crippen molar-refractivity contribution in [2.24, 2.45) is 0 Å². The Morgan fingerprint density at radius 1 is 1.31 bits per heavy atom. The Balaban J connectivity index is 2.47. The predicted molar refractivity (Wildman–Crippen MR) is 63.6 cm³/mol. The van der Waals surface area contributed by atoms with Crippen LogP contribution in [0.15, 0.2) is 22.7 Å². The van der Waals surface area contributed by atoms with Crippen LogP contribution in [0, 0.1) is 0 Å². The van der Waals surface area contributed by atoms with Gasteiger partial charge in [0.1, 0.15) is 5.75 Å². The van der Waals surface area contributed by atoms with E-state index in [2.05, 4.69) is 15.9 Å². The Hall–Kier alpha value is -1.03. The van der Waals surface area contributed by atoms with Crippen molar-refractivity contribution in [2.75, 3.05) is 0 Å². The number of hydrogen-bond donors (Lipinski definition) is 2. The van der Waals surface area contributed by atoms with Gasteiger partial charge in [0.15, 0.2) is 0 Å². The van der Waals surface area contributed by atoms with Crippen molar-refractivity contribution in [3.63, 3.8) is 0 Å². The smallest absolute Gasteiger partial charge is 0.314 e. The maximum atomic E-state index is 11.4. The van der Waals surface area contributed by atoms with Crippen LogP contribution >= 0.6 is 15.9 Å². The van der Waals surface area contributed by atoms with Crippen molar-refractivity contribution in [3.05, 3.63) is 28.2 Å². The highest BCUT2D eigenvalue weighted by Crippen LogP contribution is 2.43. The number of rotatable bonds is 2. The van der Waals surface area contributed by atoms with Gasteiger partial charge in [0, 0.05) is 0 Å². The van der Waals surface area contributed by atoms with E-state index in [1.165, 1.54) is 0 Å². The molecule has 1 aromatic carbocycles. The zero-order chi connectivity index (χ0) is 11.8. The first-order valence-electron chi connectivity index (χ1n) is 5.29. The van der Waals surface area contributed by atoms with E-state index >= 15 is 0 Å². The number of carboxylic acids is 1. The van der Waals surface area contributed by atoms with Crippen LogP contribution in [-0.4, -0.2) is 16.2 Å². The molecule has 1 saturated carbocycles. The van der Waals surface area contributed by atoms with E-state index in [0.717, 1.165) is 18.4 Å². The number of halogens is 1. The molecule has 0 bridgehead atoms. The van der Waals surface area contributed by atoms with Crippen LogP contribution in [0.5, 0.6) is 5.75 Å². The number of aromatic hydroxyl groups is 1. The number of benzene rings is 1. The quantitative estimate of drug-likeness (QED) is 0.878. The van der Waals surface area contributed by atoms with Gasteiger partial charge < -0.3 is 10.2 Å². The van der Waals surface area contributed by atoms with E-state index in [4.69, 9.17) is 0 Å². The third-order valence-corrected chi connectivity index (χ3v) is 4.00. The van der Waals surface area contributed by atoms with Crippen LogP contribution < -0.4 is 0 Å². The number of carboxylic acid groups (broad SMARTS) is 1. The van der Waals surface area contributed by atoms with Gasteiger partial charge >= 0.3 is 5.97 Å². The van der Waals surface area contributed by atoms with Crippen molar-refractivity contribution in [3.8, 4) is 5.75 Å². The lowest BCUT2D eigenvalue weighted by Gasteiger charge is -2.24. The molecule has 3 nitrogen and oxygen atoms in total. The molecule has 0 saturated heterocycles. The van der Waals surface area contributed by atoms with E-state index in [1.54, 1.807) is 18.2 Å². The summed E-state index contributed by atoms with van der Waals surface area (Å²) in [4.78, 5) is 11.4. The Labute approximate surface area is 102 Å². The second kappa shape index (κ2) is 4.09. The van der Waals surface area contributed by atoms with Crippen molar-refractivity contribution in [1.82, 2.24) is 0 Å². The van der Waals surface area contributed by atoms with E-state index in [0.29, 0.717) is 17.3 Å². The molecule has 1 aliphatic carbocycles. The highest BCUT2D eigenvalue weighted by molar-refractivity contribution is 9.10. The van der Waals surface area contributed by atoms with Crippen LogP contribution in [0.3, 0.4) is 0 Å². The van der Waals surface area contributed by atoms with Crippen LogP contribution in [0.2, 0.25) is 0 Å². The third kappa shape index (κ3) is 1.71. The molecular weight excluding hydrogens is 272 g/mol. The summed E-state index contributed by atoms with van der Waals surface area (Å²) in [5.74, 6) is -0.620. The maximum Gasteiger partial charge on any atom is 0.314 e. The summed E-state index contributed by atoms with van der Waals surface area (Å²) in [5, 5.41) is 18.8. The second-order valence-electron chi connectivity index (χ2n) is 4.26. The lowest BCUT2D eigenvalue weighted by molar-refractivity contribution is -0.143. The van der Waals surface area contributed by atoms with Gasteiger partial charge in [-0.15, -0.1) is 0 Å². The molecule has 0 aliphatic heterocycles. The van der Waals surface area contributed by atoms with Gasteiger partial charge in [0.25, 0.3) is 0 Å². The summed E-state index contributed by atoms with van der Waals surface area (Å²) in [5.41, 5.74) is 0.0260. The van der Waals surface area contributed by atoms with Gasteiger partial charge in [0.2, 0.25) is 0 Å². The fraction of sp³-hybridized carbons (Fsp3) is 0.417. The van der Waals surface area contributed by atoms with Crippen molar-refractivity contribution in [2.45, 2.75) is 31.1 Å². The Morgan fingerprint density at radius 3 is 2.44 bits per heavy atom. The minimum atomic E-state index is -0.761. The standard InChI is InChI=1S/C12H13BrO3/c13-9-7-8(3-4-10(9)14)12(11(15)16)5-1-2-6-12/h3-4,7,14H,1-2,5-6H2,(H,15,16). The minimum absolute atomic E-state index is 0.141. The van der Waals surface area contributed by atoms with Gasteiger partial charge in [0.05, 0.1) is 9.89 Å². The molecule has 4 heteroatoms. The van der Waals surface area contributed by atoms with Crippen LogP contribution in [0.4, 0.5) is 0 Å². The molecular formula is C12H13BrO3. The van der Waals surface area contributed by atoms with Gasteiger partial charge in [-0.2, -0.15) is 0 Å². The van der Waals surface area contributed by atoms with Crippen molar-refractivity contribution in [1.29, 1.82) is 0 Å². The molecule has 1 aliphatic rings. The maximum absolute atomic E-state index is 11.4. The first kappa shape index (κ1) is 11.5. The molecule has 16 heavy (non-hydrogen) atoms. The van der Waals surface area contributed by atoms with Gasteiger partial charge in [-0.05, 0) is 46.5 Å². The zero-order valence-corrected chi connectivity index (χ0v) is 10.3. The molecule has 1 aromatic rings. The van der Waals surface area contributed by atoms with Gasteiger partial charge in [-0.3, -0.25) is 4.79 Å². The summed E-state index contributed by atoms with van der Waals surface area (Å²) < 4.78 is 0.553. The average molecular weight is 285 g/mol. The Kier molecular flexibility index (Phi) is 2.93. The van der Waals surface area contributed by atoms with E-state index < -0.39 is 11.4 Å². The molecule has 1 fully saturated rings. The number of hydrogen-bond acceptors (Lipinski definition) is 2. The fourth-order valence-electron chi connectivity index (χ4n) is 2.41. The predicted octanol–water partition coefficient (Wildman–Crippen LogP) is 3.05. The zero-order valence-electron chi connectivity index (χ0n) is 8.74. The summed E-state index contributed by atoms with van der Waals surface area (Å²) in [7, 11) is 0. The highest BCUT2D eigenvalue weighted by Gasteiger charge is 2.42. The average Bonchev–Trinajstić information content (AvgIpc) is 2.72. The van der Waals surface area contributed by atoms with E-state index in [-0.39, 0.29) is 5.75 Å². The molecule has 0 unspecified atom stereocenters. The molecule has 2 rings (SSSR count). The minimum Gasteiger partial charge on any atom is -0.507 e. The Morgan fingerprint density at radius 2 is 1.94 bits per heavy atom. The number of phenols is 1. The SMILES string of the molecule is O=C(O)C1(c2ccc(O)c(Br)c2)CCCC1. The summed E-state index contributed by atoms with van der Waals surface area (Å²) in [6, 6.07) is 4.97. The van der Waals surface area contributed by atoms with E-state index in [1.807, 2.05) is 0 Å². The van der Waals surface area contributed by atoms with Gasteiger partial charge in [-0.25, -0.2) is 0 Å². The van der Waals surface area contributed by atoms with Crippen LogP contribution in [-0.2, 0) is 10.2 Å². The van der Waals surface area contributed by atoms with E-state index in [9.17, 15) is 15.0 Å². The number of carbonyl (C=O) groups is 1. The molecule has 0 aromatic heterocycles. The molecule has 86 valence electrons. The fourth-order valence-corrected chi connectivity index (χ4v) is 2.79. The topological polar surface area (TPSA) is 57.5 Å². The highest BCUT2D eigenvalue weighted by atomic mass is 79.9. The summed E-state index contributed by atoms with van der Waals surface area (Å²) >= 11 is 3.22. The van der Waals surface area contributed by atoms with Gasteiger partial charge in [-0.1, -0.05) is 18.9 Å². The number of phenolic OH excluding ortho intramolecular Hbond substituents is 1. The lowest BCUT2D eigenvalue weighted by Crippen LogP contribution is -2.32. The molecule has 0 amide bonds. The summed E-state index contributed by atoms with van der Waals surface area (Å²) in [6.45, 7) is 0. The monoisotopic (exact) mass is 284 g/mol. The second-order valence-corrected chi connectivity index (χ2v) is 5.11. The molecule has 0 atom stereocenters. The first-order chi connectivity index (χ1) is 7.56.